The maximum atomic E-state index is 12.3. The molecule has 0 rings (SSSR count). The molecule has 0 aliphatic carbocycles. The van der Waals surface area contributed by atoms with Gasteiger partial charge in [-0.05, 0) is 0 Å². The fourth-order valence-electron chi connectivity index (χ4n) is 0.329. The topological polar surface area (TPSA) is 35.5 Å². The van der Waals surface area contributed by atoms with E-state index in [1.165, 1.54) is 13.8 Å². The second-order valence-electron chi connectivity index (χ2n) is 2.03. The Morgan fingerprint density at radius 1 is 1.17 bits per heavy atom. The Kier molecular flexibility index (Phi) is 6.41. The number of alkyl halides is 2. The second kappa shape index (κ2) is 6.45. The minimum Gasteiger partial charge on any atom is -0.231 e. The Morgan fingerprint density at radius 3 is 1.75 bits per heavy atom. The van der Waals surface area contributed by atoms with Gasteiger partial charge in [-0.3, -0.25) is 0 Å². The quantitative estimate of drug-likeness (QED) is 0.661. The van der Waals surface area contributed by atoms with Crippen LogP contribution in [0.3, 0.4) is 0 Å². The molecule has 0 radical (unpaired) electrons. The van der Waals surface area contributed by atoms with Crippen molar-refractivity contribution in [2.24, 2.45) is 0 Å². The SMILES string of the molecule is CCC(F)OS(=O)OC(F)CC. The van der Waals surface area contributed by atoms with Crippen molar-refractivity contribution in [3.8, 4) is 0 Å². The molecule has 0 aromatic rings. The Bertz CT molecular complexity index is 131. The third-order valence-corrected chi connectivity index (χ3v) is 1.74. The van der Waals surface area contributed by atoms with Crippen LogP contribution in [0.4, 0.5) is 8.78 Å². The fraction of sp³-hybridized carbons (Fsp3) is 1.00. The summed E-state index contributed by atoms with van der Waals surface area (Å²) < 4.78 is 43.4. The van der Waals surface area contributed by atoms with Crippen LogP contribution >= 0.6 is 0 Å². The van der Waals surface area contributed by atoms with Crippen molar-refractivity contribution >= 4 is 11.4 Å². The summed E-state index contributed by atoms with van der Waals surface area (Å²) in [5.41, 5.74) is 0. The molecule has 0 saturated heterocycles. The van der Waals surface area contributed by atoms with E-state index in [4.69, 9.17) is 0 Å². The highest BCUT2D eigenvalue weighted by Crippen LogP contribution is 2.07. The van der Waals surface area contributed by atoms with Crippen molar-refractivity contribution in [3.63, 3.8) is 0 Å². The van der Waals surface area contributed by atoms with Crippen LogP contribution in [0, 0.1) is 0 Å². The number of hydrogen-bond donors (Lipinski definition) is 0. The largest absolute Gasteiger partial charge is 0.310 e. The lowest BCUT2D eigenvalue weighted by Gasteiger charge is -2.07. The van der Waals surface area contributed by atoms with Crippen LogP contribution in [-0.2, 0) is 19.7 Å². The summed E-state index contributed by atoms with van der Waals surface area (Å²) in [6.07, 6.45) is -3.24. The lowest BCUT2D eigenvalue weighted by atomic mass is 10.5. The number of hydrogen-bond acceptors (Lipinski definition) is 3. The average molecular weight is 202 g/mol. The molecule has 2 atom stereocenters. The summed E-state index contributed by atoms with van der Waals surface area (Å²) in [6, 6.07) is 0. The third kappa shape index (κ3) is 5.56. The van der Waals surface area contributed by atoms with Gasteiger partial charge in [-0.2, -0.15) is 4.21 Å². The minimum atomic E-state index is -2.33. The maximum absolute atomic E-state index is 12.3. The van der Waals surface area contributed by atoms with E-state index in [2.05, 4.69) is 8.37 Å². The van der Waals surface area contributed by atoms with Gasteiger partial charge in [-0.25, -0.2) is 17.1 Å². The molecule has 0 saturated carbocycles. The minimum absolute atomic E-state index is 0.0537. The molecule has 0 heterocycles. The lowest BCUT2D eigenvalue weighted by Crippen LogP contribution is -2.14. The maximum Gasteiger partial charge on any atom is 0.310 e. The average Bonchev–Trinajstić information content (AvgIpc) is 2.03. The van der Waals surface area contributed by atoms with Gasteiger partial charge >= 0.3 is 11.4 Å². The van der Waals surface area contributed by atoms with Crippen molar-refractivity contribution < 1.29 is 21.4 Å². The van der Waals surface area contributed by atoms with Gasteiger partial charge in [-0.1, -0.05) is 13.8 Å². The zero-order valence-electron chi connectivity index (χ0n) is 6.96. The first-order valence-electron chi connectivity index (χ1n) is 3.64. The number of halogens is 2. The second-order valence-corrected chi connectivity index (χ2v) is 2.83. The highest BCUT2D eigenvalue weighted by molar-refractivity contribution is 7.75. The van der Waals surface area contributed by atoms with E-state index in [1.807, 2.05) is 0 Å². The molecule has 0 aromatic heterocycles. The van der Waals surface area contributed by atoms with Crippen molar-refractivity contribution in [3.05, 3.63) is 0 Å². The molecule has 0 aliphatic rings. The summed E-state index contributed by atoms with van der Waals surface area (Å²) in [5.74, 6) is 0. The van der Waals surface area contributed by atoms with E-state index < -0.39 is 24.1 Å². The lowest BCUT2D eigenvalue weighted by molar-refractivity contribution is 0.0232. The monoisotopic (exact) mass is 202 g/mol. The first-order chi connectivity index (χ1) is 5.60. The molecule has 0 N–H and O–H groups in total. The molecule has 12 heavy (non-hydrogen) atoms. The fourth-order valence-corrected chi connectivity index (χ4v) is 0.988. The summed E-state index contributed by atoms with van der Waals surface area (Å²) in [5, 5.41) is 0. The normalized spacial score (nSPS) is 18.7. The van der Waals surface area contributed by atoms with Crippen molar-refractivity contribution in [1.29, 1.82) is 0 Å². The molecule has 6 heteroatoms. The molecule has 74 valence electrons. The van der Waals surface area contributed by atoms with E-state index in [0.29, 0.717) is 0 Å². The Labute approximate surface area is 72.9 Å². The van der Waals surface area contributed by atoms with Gasteiger partial charge in [0.05, 0.1) is 0 Å². The predicted octanol–water partition coefficient (Wildman–Crippen LogP) is 2.01. The van der Waals surface area contributed by atoms with E-state index in [-0.39, 0.29) is 12.8 Å². The molecular weight excluding hydrogens is 190 g/mol. The van der Waals surface area contributed by atoms with E-state index in [9.17, 15) is 13.0 Å². The van der Waals surface area contributed by atoms with Crippen LogP contribution in [0.2, 0.25) is 0 Å². The molecule has 0 spiro atoms. The Balaban J connectivity index is 3.59. The van der Waals surface area contributed by atoms with Crippen molar-refractivity contribution in [2.75, 3.05) is 0 Å². The zero-order valence-corrected chi connectivity index (χ0v) is 7.77. The summed E-state index contributed by atoms with van der Waals surface area (Å²) in [6.45, 7) is 3.02. The van der Waals surface area contributed by atoms with Gasteiger partial charge in [0.15, 0.2) is 0 Å². The molecule has 3 nitrogen and oxygen atoms in total. The standard InChI is InChI=1S/C6H12F2O3S/c1-3-5(7)10-12(9)11-6(8)4-2/h5-6H,3-4H2,1-2H3. The van der Waals surface area contributed by atoms with E-state index in [0.717, 1.165) is 0 Å². The van der Waals surface area contributed by atoms with E-state index in [1.54, 1.807) is 0 Å². The first-order valence-corrected chi connectivity index (χ1v) is 4.64. The molecular formula is C6H12F2O3S. The highest BCUT2D eigenvalue weighted by Gasteiger charge is 2.14. The van der Waals surface area contributed by atoms with Crippen LogP contribution in [0.5, 0.6) is 0 Å². The summed E-state index contributed by atoms with van der Waals surface area (Å²) in [4.78, 5) is 0. The Morgan fingerprint density at radius 2 is 1.50 bits per heavy atom. The van der Waals surface area contributed by atoms with Crippen LogP contribution in [0.1, 0.15) is 26.7 Å². The third-order valence-electron chi connectivity index (χ3n) is 1.01. The van der Waals surface area contributed by atoms with Gasteiger partial charge in [0.25, 0.3) is 0 Å². The summed E-state index contributed by atoms with van der Waals surface area (Å²) >= 11 is -2.33. The van der Waals surface area contributed by atoms with Gasteiger partial charge in [-0.15, -0.1) is 0 Å². The molecule has 0 aliphatic heterocycles. The Hall–Kier alpha value is -0.0700. The molecule has 0 bridgehead atoms. The zero-order chi connectivity index (χ0) is 9.56. The van der Waals surface area contributed by atoms with Crippen molar-refractivity contribution in [2.45, 2.75) is 39.4 Å². The van der Waals surface area contributed by atoms with Gasteiger partial charge in [0.1, 0.15) is 0 Å². The van der Waals surface area contributed by atoms with E-state index >= 15 is 0 Å². The molecule has 2 unspecified atom stereocenters. The van der Waals surface area contributed by atoms with Crippen molar-refractivity contribution in [1.82, 2.24) is 0 Å². The molecule has 0 aromatic carbocycles. The molecule has 0 amide bonds. The van der Waals surface area contributed by atoms with Gasteiger partial charge in [0.2, 0.25) is 12.7 Å². The smallest absolute Gasteiger partial charge is 0.231 e. The first kappa shape index (κ1) is 11.9. The van der Waals surface area contributed by atoms with Crippen LogP contribution in [0.25, 0.3) is 0 Å². The predicted molar refractivity (Wildman–Crippen MR) is 40.7 cm³/mol. The number of rotatable bonds is 6. The van der Waals surface area contributed by atoms with Crippen LogP contribution in [-0.4, -0.2) is 16.9 Å². The highest BCUT2D eigenvalue weighted by atomic mass is 32.2. The van der Waals surface area contributed by atoms with Crippen LogP contribution in [0.15, 0.2) is 0 Å². The van der Waals surface area contributed by atoms with Gasteiger partial charge in [0, 0.05) is 12.8 Å². The summed E-state index contributed by atoms with van der Waals surface area (Å²) in [7, 11) is 0. The molecule has 0 fully saturated rings. The van der Waals surface area contributed by atoms with Gasteiger partial charge < -0.3 is 0 Å². The van der Waals surface area contributed by atoms with Crippen LogP contribution < -0.4 is 0 Å².